The fraction of sp³-hybridized carbons (Fsp3) is 0.667. The third-order valence-corrected chi connectivity index (χ3v) is 4.28. The Bertz CT molecular complexity index is 309. The van der Waals surface area contributed by atoms with Crippen LogP contribution in [0.3, 0.4) is 0 Å². The topological polar surface area (TPSA) is 41.5 Å². The molecule has 1 saturated heterocycles. The summed E-state index contributed by atoms with van der Waals surface area (Å²) < 4.78 is 5.39. The second-order valence-electron chi connectivity index (χ2n) is 4.57. The molecule has 0 spiro atoms. The first-order valence-electron chi connectivity index (χ1n) is 5.70. The molecule has 90 valence electrons. The molecule has 2 N–H and O–H groups in total. The lowest BCUT2D eigenvalue weighted by Crippen LogP contribution is -2.51. The van der Waals surface area contributed by atoms with Gasteiger partial charge in [0.1, 0.15) is 0 Å². The Morgan fingerprint density at radius 1 is 1.69 bits per heavy atom. The minimum atomic E-state index is -0.222. The van der Waals surface area contributed by atoms with Crippen LogP contribution in [0.4, 0.5) is 0 Å². The van der Waals surface area contributed by atoms with E-state index in [1.165, 1.54) is 4.88 Å². The number of hydrogen-bond donors (Lipinski definition) is 2. The zero-order chi connectivity index (χ0) is 11.4. The number of nitrogens with one attached hydrogen (secondary N) is 1. The first kappa shape index (κ1) is 12.0. The van der Waals surface area contributed by atoms with Gasteiger partial charge in [0, 0.05) is 29.5 Å². The van der Waals surface area contributed by atoms with Gasteiger partial charge in [-0.3, -0.25) is 0 Å². The van der Waals surface area contributed by atoms with Crippen LogP contribution in [-0.2, 0) is 11.3 Å². The monoisotopic (exact) mass is 241 g/mol. The van der Waals surface area contributed by atoms with E-state index in [9.17, 15) is 5.11 Å². The van der Waals surface area contributed by atoms with E-state index in [-0.39, 0.29) is 12.1 Å². The van der Waals surface area contributed by atoms with Crippen LogP contribution < -0.4 is 5.32 Å². The van der Waals surface area contributed by atoms with E-state index in [0.717, 1.165) is 26.2 Å². The molecule has 2 unspecified atom stereocenters. The Hall–Kier alpha value is -0.420. The van der Waals surface area contributed by atoms with Crippen LogP contribution in [0.15, 0.2) is 17.5 Å². The van der Waals surface area contributed by atoms with Gasteiger partial charge < -0.3 is 15.2 Å². The number of ether oxygens (including phenoxy) is 1. The molecule has 3 nitrogen and oxygen atoms in total. The normalized spacial score (nSPS) is 24.5. The van der Waals surface area contributed by atoms with Crippen molar-refractivity contribution < 1.29 is 9.84 Å². The summed E-state index contributed by atoms with van der Waals surface area (Å²) >= 11 is 1.74. The van der Waals surface area contributed by atoms with Gasteiger partial charge in [0.25, 0.3) is 0 Å². The average Bonchev–Trinajstić information content (AvgIpc) is 2.98. The molecule has 0 amide bonds. The molecule has 2 rings (SSSR count). The molecule has 1 aromatic heterocycles. The molecule has 0 aliphatic carbocycles. The molecular formula is C12H19NO2S. The van der Waals surface area contributed by atoms with Crippen molar-refractivity contribution in [1.29, 1.82) is 0 Å². The molecule has 1 aliphatic heterocycles. The van der Waals surface area contributed by atoms with Crippen molar-refractivity contribution in [2.45, 2.75) is 25.4 Å². The van der Waals surface area contributed by atoms with Crippen LogP contribution in [0.25, 0.3) is 0 Å². The molecule has 2 heterocycles. The maximum Gasteiger partial charge on any atom is 0.0614 e. The van der Waals surface area contributed by atoms with Crippen LogP contribution in [0, 0.1) is 5.92 Å². The lowest BCUT2D eigenvalue weighted by molar-refractivity contribution is 0.0991. The van der Waals surface area contributed by atoms with Crippen molar-refractivity contribution in [3.63, 3.8) is 0 Å². The highest BCUT2D eigenvalue weighted by atomic mass is 32.1. The van der Waals surface area contributed by atoms with E-state index < -0.39 is 0 Å². The number of aliphatic hydroxyl groups is 1. The molecule has 1 aromatic rings. The summed E-state index contributed by atoms with van der Waals surface area (Å²) in [5.74, 6) is 0.414. The molecule has 1 fully saturated rings. The second kappa shape index (κ2) is 5.27. The zero-order valence-corrected chi connectivity index (χ0v) is 10.4. The molecule has 16 heavy (non-hydrogen) atoms. The standard InChI is InChI=1S/C12H19NO2S/c1-12(9-14,10-4-5-15-8-10)13-7-11-3-2-6-16-11/h2-3,6,10,13-14H,4-5,7-9H2,1H3. The fourth-order valence-electron chi connectivity index (χ4n) is 2.07. The molecule has 1 aliphatic rings. The van der Waals surface area contributed by atoms with E-state index in [0.29, 0.717) is 5.92 Å². The summed E-state index contributed by atoms with van der Waals surface area (Å²) in [6.07, 6.45) is 1.04. The van der Waals surface area contributed by atoms with Crippen LogP contribution in [0.2, 0.25) is 0 Å². The molecule has 4 heteroatoms. The number of hydrogen-bond acceptors (Lipinski definition) is 4. The molecular weight excluding hydrogens is 222 g/mol. The van der Waals surface area contributed by atoms with E-state index in [4.69, 9.17) is 4.74 Å². The highest BCUT2D eigenvalue weighted by Crippen LogP contribution is 2.26. The number of aliphatic hydroxyl groups excluding tert-OH is 1. The van der Waals surface area contributed by atoms with Crippen molar-refractivity contribution in [2.24, 2.45) is 5.92 Å². The van der Waals surface area contributed by atoms with Crippen molar-refractivity contribution in [3.05, 3.63) is 22.4 Å². The summed E-state index contributed by atoms with van der Waals surface area (Å²) in [4.78, 5) is 1.30. The predicted octanol–water partition coefficient (Wildman–Crippen LogP) is 1.63. The first-order valence-corrected chi connectivity index (χ1v) is 6.58. The minimum Gasteiger partial charge on any atom is -0.394 e. The second-order valence-corrected chi connectivity index (χ2v) is 5.60. The third-order valence-electron chi connectivity index (χ3n) is 3.41. The first-order chi connectivity index (χ1) is 7.74. The Labute approximate surface area is 100 Å². The maximum atomic E-state index is 9.56. The fourth-order valence-corrected chi connectivity index (χ4v) is 2.71. The molecule has 0 saturated carbocycles. The van der Waals surface area contributed by atoms with Crippen molar-refractivity contribution in [3.8, 4) is 0 Å². The number of rotatable bonds is 5. The summed E-state index contributed by atoms with van der Waals surface area (Å²) in [6.45, 7) is 4.65. The van der Waals surface area contributed by atoms with Gasteiger partial charge in [0.05, 0.1) is 13.2 Å². The summed E-state index contributed by atoms with van der Waals surface area (Å²) in [5.41, 5.74) is -0.222. The SMILES string of the molecule is CC(CO)(NCc1cccs1)C1CCOC1. The molecule has 0 radical (unpaired) electrons. The smallest absolute Gasteiger partial charge is 0.0614 e. The number of thiophene rings is 1. The highest BCUT2D eigenvalue weighted by Gasteiger charge is 2.35. The largest absolute Gasteiger partial charge is 0.394 e. The lowest BCUT2D eigenvalue weighted by Gasteiger charge is -2.34. The van der Waals surface area contributed by atoms with Gasteiger partial charge in [0.15, 0.2) is 0 Å². The van der Waals surface area contributed by atoms with Gasteiger partial charge in [-0.05, 0) is 24.8 Å². The van der Waals surface area contributed by atoms with Crippen molar-refractivity contribution >= 4 is 11.3 Å². The molecule has 0 aromatic carbocycles. The van der Waals surface area contributed by atoms with Crippen LogP contribution in [-0.4, -0.2) is 30.5 Å². The Kier molecular flexibility index (Phi) is 3.97. The van der Waals surface area contributed by atoms with E-state index in [1.807, 2.05) is 0 Å². The zero-order valence-electron chi connectivity index (χ0n) is 9.61. The summed E-state index contributed by atoms with van der Waals surface area (Å²) in [6, 6.07) is 4.16. The van der Waals surface area contributed by atoms with Gasteiger partial charge in [-0.25, -0.2) is 0 Å². The molecule has 0 bridgehead atoms. The summed E-state index contributed by atoms with van der Waals surface area (Å²) in [7, 11) is 0. The maximum absolute atomic E-state index is 9.56. The summed E-state index contributed by atoms with van der Waals surface area (Å²) in [5, 5.41) is 15.1. The van der Waals surface area contributed by atoms with Gasteiger partial charge in [-0.15, -0.1) is 11.3 Å². The minimum absolute atomic E-state index is 0.159. The Morgan fingerprint density at radius 3 is 3.12 bits per heavy atom. The van der Waals surface area contributed by atoms with Crippen LogP contribution in [0.5, 0.6) is 0 Å². The van der Waals surface area contributed by atoms with Crippen LogP contribution in [0.1, 0.15) is 18.2 Å². The van der Waals surface area contributed by atoms with Gasteiger partial charge in [-0.2, -0.15) is 0 Å². The molecule has 2 atom stereocenters. The predicted molar refractivity (Wildman–Crippen MR) is 65.6 cm³/mol. The van der Waals surface area contributed by atoms with Crippen molar-refractivity contribution in [1.82, 2.24) is 5.32 Å². The van der Waals surface area contributed by atoms with Gasteiger partial charge in [0.2, 0.25) is 0 Å². The van der Waals surface area contributed by atoms with Gasteiger partial charge in [-0.1, -0.05) is 6.07 Å². The highest BCUT2D eigenvalue weighted by molar-refractivity contribution is 7.09. The quantitative estimate of drug-likeness (QED) is 0.823. The lowest BCUT2D eigenvalue weighted by atomic mass is 9.85. The Balaban J connectivity index is 1.93. The Morgan fingerprint density at radius 2 is 2.56 bits per heavy atom. The third kappa shape index (κ3) is 2.63. The van der Waals surface area contributed by atoms with E-state index in [2.05, 4.69) is 29.8 Å². The van der Waals surface area contributed by atoms with E-state index >= 15 is 0 Å². The van der Waals surface area contributed by atoms with Crippen molar-refractivity contribution in [2.75, 3.05) is 19.8 Å². The average molecular weight is 241 g/mol. The van der Waals surface area contributed by atoms with Gasteiger partial charge >= 0.3 is 0 Å². The van der Waals surface area contributed by atoms with E-state index in [1.54, 1.807) is 11.3 Å². The van der Waals surface area contributed by atoms with Crippen LogP contribution >= 0.6 is 11.3 Å².